The van der Waals surface area contributed by atoms with Crippen molar-refractivity contribution in [3.63, 3.8) is 0 Å². The first-order valence-corrected chi connectivity index (χ1v) is 5.15. The summed E-state index contributed by atoms with van der Waals surface area (Å²) < 4.78 is 29.7. The van der Waals surface area contributed by atoms with Crippen LogP contribution >= 0.6 is 34.2 Å². The Morgan fingerprint density at radius 1 is 1.67 bits per heavy atom. The Kier molecular flexibility index (Phi) is 4.21. The second-order valence-corrected chi connectivity index (χ2v) is 3.99. The minimum absolute atomic E-state index is 0.0865. The monoisotopic (exact) mass is 347 g/mol. The van der Waals surface area contributed by atoms with E-state index in [0.29, 0.717) is 3.70 Å². The second kappa shape index (κ2) is 5.02. The molecule has 0 bridgehead atoms. The molecule has 0 fully saturated rings. The lowest BCUT2D eigenvalue weighted by molar-refractivity contribution is 0.0587. The number of hydrogen-bond donors (Lipinski definition) is 0. The number of hydrogen-bond acceptors (Lipinski definition) is 3. The highest BCUT2D eigenvalue weighted by Crippen LogP contribution is 2.28. The number of methoxy groups -OCH3 is 1. The molecule has 1 aromatic rings. The van der Waals surface area contributed by atoms with Crippen LogP contribution in [0.25, 0.3) is 0 Å². The van der Waals surface area contributed by atoms with Gasteiger partial charge in [-0.1, -0.05) is 11.6 Å². The van der Waals surface area contributed by atoms with Gasteiger partial charge in [-0.15, -0.1) is 0 Å². The Balaban J connectivity index is 3.40. The van der Waals surface area contributed by atoms with Gasteiger partial charge in [0, 0.05) is 0 Å². The molecule has 1 heterocycles. The van der Waals surface area contributed by atoms with Crippen LogP contribution in [0.1, 0.15) is 22.5 Å². The molecule has 0 saturated heterocycles. The lowest BCUT2D eigenvalue weighted by Gasteiger charge is -2.08. The summed E-state index contributed by atoms with van der Waals surface area (Å²) in [5.74, 6) is -0.917. The Morgan fingerprint density at radius 2 is 2.27 bits per heavy atom. The van der Waals surface area contributed by atoms with E-state index in [1.54, 1.807) is 22.6 Å². The van der Waals surface area contributed by atoms with Crippen LogP contribution in [0.4, 0.5) is 8.78 Å². The van der Waals surface area contributed by atoms with Crippen molar-refractivity contribution in [2.24, 2.45) is 0 Å². The Labute approximate surface area is 103 Å². The van der Waals surface area contributed by atoms with Crippen molar-refractivity contribution >= 4 is 40.2 Å². The number of aromatic nitrogens is 1. The Hall–Kier alpha value is -0.500. The fourth-order valence-corrected chi connectivity index (χ4v) is 2.00. The van der Waals surface area contributed by atoms with Gasteiger partial charge in [-0.2, -0.15) is 0 Å². The number of pyridine rings is 1. The van der Waals surface area contributed by atoms with E-state index in [9.17, 15) is 13.6 Å². The van der Waals surface area contributed by atoms with Crippen molar-refractivity contribution in [1.29, 1.82) is 0 Å². The molecule has 0 unspecified atom stereocenters. The third-order valence-electron chi connectivity index (χ3n) is 1.56. The van der Waals surface area contributed by atoms with E-state index >= 15 is 0 Å². The topological polar surface area (TPSA) is 39.2 Å². The Bertz CT molecular complexity index is 400. The standard InChI is InChI=1S/C8H5ClF2INO2/c1-15-8(14)5-3(9)2-4(12)13-6(5)7(10)11/h2,7H,1H3. The van der Waals surface area contributed by atoms with E-state index in [1.165, 1.54) is 6.07 Å². The quantitative estimate of drug-likeness (QED) is 0.469. The number of carbonyl (C=O) groups excluding carboxylic acids is 1. The molecule has 0 aliphatic rings. The van der Waals surface area contributed by atoms with Crippen LogP contribution in [0.3, 0.4) is 0 Å². The van der Waals surface area contributed by atoms with Gasteiger partial charge in [0.2, 0.25) is 0 Å². The van der Waals surface area contributed by atoms with E-state index in [4.69, 9.17) is 11.6 Å². The van der Waals surface area contributed by atoms with Gasteiger partial charge in [0.1, 0.15) is 15.0 Å². The minimum atomic E-state index is -2.87. The minimum Gasteiger partial charge on any atom is -0.465 e. The molecule has 0 saturated carbocycles. The number of ether oxygens (including phenoxy) is 1. The molecule has 0 spiro atoms. The van der Waals surface area contributed by atoms with Crippen LogP contribution in [0.5, 0.6) is 0 Å². The van der Waals surface area contributed by atoms with E-state index in [2.05, 4.69) is 9.72 Å². The SMILES string of the molecule is COC(=O)c1c(Cl)cc(I)nc1C(F)F. The summed E-state index contributed by atoms with van der Waals surface area (Å²) in [6.07, 6.45) is -2.87. The maximum atomic E-state index is 12.6. The summed E-state index contributed by atoms with van der Waals surface area (Å²) in [5.41, 5.74) is -1.03. The van der Waals surface area contributed by atoms with E-state index in [1.807, 2.05) is 0 Å². The molecule has 0 atom stereocenters. The summed E-state index contributed by atoms with van der Waals surface area (Å²) in [5, 5.41) is -0.0865. The average molecular weight is 347 g/mol. The first-order valence-electron chi connectivity index (χ1n) is 3.69. The number of halogens is 4. The lowest BCUT2D eigenvalue weighted by atomic mass is 10.2. The van der Waals surface area contributed by atoms with Crippen molar-refractivity contribution in [3.8, 4) is 0 Å². The molecule has 15 heavy (non-hydrogen) atoms. The molecule has 0 aliphatic heterocycles. The smallest absolute Gasteiger partial charge is 0.341 e. The van der Waals surface area contributed by atoms with Crippen LogP contribution in [0, 0.1) is 3.70 Å². The van der Waals surface area contributed by atoms with Gasteiger partial charge in [0.15, 0.2) is 0 Å². The Morgan fingerprint density at radius 3 is 2.73 bits per heavy atom. The van der Waals surface area contributed by atoms with Gasteiger partial charge in [0.25, 0.3) is 6.43 Å². The summed E-state index contributed by atoms with van der Waals surface area (Å²) in [4.78, 5) is 14.7. The van der Waals surface area contributed by atoms with Crippen molar-refractivity contribution in [1.82, 2.24) is 4.98 Å². The molecule has 0 aliphatic carbocycles. The van der Waals surface area contributed by atoms with Crippen LogP contribution < -0.4 is 0 Å². The molecule has 0 N–H and O–H groups in total. The normalized spacial score (nSPS) is 10.5. The van der Waals surface area contributed by atoms with E-state index < -0.39 is 18.1 Å². The molecular formula is C8H5ClF2INO2. The van der Waals surface area contributed by atoms with Gasteiger partial charge in [-0.3, -0.25) is 0 Å². The number of alkyl halides is 2. The molecule has 0 aromatic carbocycles. The third-order valence-corrected chi connectivity index (χ3v) is 2.41. The molecule has 1 aromatic heterocycles. The average Bonchev–Trinajstić information content (AvgIpc) is 2.15. The van der Waals surface area contributed by atoms with Gasteiger partial charge < -0.3 is 4.74 Å². The molecule has 3 nitrogen and oxygen atoms in total. The fourth-order valence-electron chi connectivity index (χ4n) is 0.964. The number of carbonyl (C=O) groups is 1. The molecular weight excluding hydrogens is 342 g/mol. The van der Waals surface area contributed by atoms with E-state index in [-0.39, 0.29) is 10.6 Å². The molecule has 0 radical (unpaired) electrons. The second-order valence-electron chi connectivity index (χ2n) is 2.48. The maximum Gasteiger partial charge on any atom is 0.341 e. The molecule has 0 amide bonds. The predicted molar refractivity (Wildman–Crippen MR) is 58.3 cm³/mol. The zero-order chi connectivity index (χ0) is 11.6. The van der Waals surface area contributed by atoms with Gasteiger partial charge in [-0.25, -0.2) is 18.6 Å². The first-order chi connectivity index (χ1) is 6.97. The largest absolute Gasteiger partial charge is 0.465 e. The predicted octanol–water partition coefficient (Wildman–Crippen LogP) is 3.06. The highest BCUT2D eigenvalue weighted by Gasteiger charge is 2.24. The fraction of sp³-hybridized carbons (Fsp3) is 0.250. The van der Waals surface area contributed by atoms with Crippen molar-refractivity contribution in [3.05, 3.63) is 26.0 Å². The summed E-state index contributed by atoms with van der Waals surface area (Å²) in [6.45, 7) is 0. The molecule has 1 rings (SSSR count). The van der Waals surface area contributed by atoms with Gasteiger partial charge in [0.05, 0.1) is 12.1 Å². The van der Waals surface area contributed by atoms with Gasteiger partial charge in [-0.05, 0) is 28.7 Å². The van der Waals surface area contributed by atoms with Crippen molar-refractivity contribution < 1.29 is 18.3 Å². The van der Waals surface area contributed by atoms with E-state index in [0.717, 1.165) is 7.11 Å². The summed E-state index contributed by atoms with van der Waals surface area (Å²) >= 11 is 7.41. The number of esters is 1. The highest BCUT2D eigenvalue weighted by atomic mass is 127. The van der Waals surface area contributed by atoms with Crippen LogP contribution in [0.2, 0.25) is 5.02 Å². The van der Waals surface area contributed by atoms with Crippen LogP contribution in [0.15, 0.2) is 6.07 Å². The van der Waals surface area contributed by atoms with Gasteiger partial charge >= 0.3 is 5.97 Å². The number of rotatable bonds is 2. The maximum absolute atomic E-state index is 12.6. The zero-order valence-electron chi connectivity index (χ0n) is 7.43. The van der Waals surface area contributed by atoms with Crippen molar-refractivity contribution in [2.45, 2.75) is 6.43 Å². The summed E-state index contributed by atoms with van der Waals surface area (Å²) in [6, 6.07) is 1.32. The first kappa shape index (κ1) is 12.6. The molecule has 7 heteroatoms. The number of nitrogens with zero attached hydrogens (tertiary/aromatic N) is 1. The molecule has 82 valence electrons. The summed E-state index contributed by atoms with van der Waals surface area (Å²) in [7, 11) is 1.09. The zero-order valence-corrected chi connectivity index (χ0v) is 10.3. The van der Waals surface area contributed by atoms with Crippen LogP contribution in [-0.2, 0) is 4.74 Å². The third kappa shape index (κ3) is 2.75. The lowest BCUT2D eigenvalue weighted by Crippen LogP contribution is -2.10. The highest BCUT2D eigenvalue weighted by molar-refractivity contribution is 14.1. The van der Waals surface area contributed by atoms with Crippen LogP contribution in [-0.4, -0.2) is 18.1 Å². The van der Waals surface area contributed by atoms with Crippen molar-refractivity contribution in [2.75, 3.05) is 7.11 Å².